The molecule has 1 unspecified atom stereocenters. The third kappa shape index (κ3) is 1.70. The maximum Gasteiger partial charge on any atom is 0.0130 e. The molecule has 0 amide bonds. The third-order valence-electron chi connectivity index (χ3n) is 1.11. The van der Waals surface area contributed by atoms with E-state index in [4.69, 9.17) is 0 Å². The molecule has 0 spiro atoms. The van der Waals surface area contributed by atoms with Gasteiger partial charge < -0.3 is 5.32 Å². The van der Waals surface area contributed by atoms with Crippen LogP contribution in [-0.2, 0) is 0 Å². The molecular weight excluding hydrogens is 106 g/mol. The summed E-state index contributed by atoms with van der Waals surface area (Å²) < 4.78 is 0. The van der Waals surface area contributed by atoms with Crippen LogP contribution in [0.5, 0.6) is 0 Å². The van der Waals surface area contributed by atoms with Gasteiger partial charge in [-0.25, -0.2) is 0 Å². The van der Waals surface area contributed by atoms with Crippen LogP contribution in [0, 0.1) is 0 Å². The molecule has 0 aromatic carbocycles. The van der Waals surface area contributed by atoms with Crippen LogP contribution in [-0.4, -0.2) is 24.1 Å². The number of thioether (sulfide) groups is 1. The van der Waals surface area contributed by atoms with Crippen LogP contribution >= 0.6 is 11.8 Å². The van der Waals surface area contributed by atoms with Gasteiger partial charge in [0.05, 0.1) is 0 Å². The van der Waals surface area contributed by atoms with E-state index in [0.717, 1.165) is 6.04 Å². The van der Waals surface area contributed by atoms with Gasteiger partial charge in [0.1, 0.15) is 0 Å². The highest BCUT2D eigenvalue weighted by Crippen LogP contribution is 2.05. The Morgan fingerprint density at radius 3 is 2.86 bits per heavy atom. The zero-order valence-corrected chi connectivity index (χ0v) is 5.42. The van der Waals surface area contributed by atoms with E-state index in [2.05, 4.69) is 12.2 Å². The fourth-order valence-electron chi connectivity index (χ4n) is 0.697. The van der Waals surface area contributed by atoms with Crippen LogP contribution in [0.3, 0.4) is 0 Å². The van der Waals surface area contributed by atoms with Gasteiger partial charge in [0.25, 0.3) is 0 Å². The predicted molar refractivity (Wildman–Crippen MR) is 34.8 cm³/mol. The number of hydrogen-bond donors (Lipinski definition) is 1. The standard InChI is InChI=1S/C5H11NS/c1-5-4-7-3-2-6-5/h5-6H,2-4H2,1H3. The van der Waals surface area contributed by atoms with Crippen LogP contribution in [0.15, 0.2) is 0 Å². The van der Waals surface area contributed by atoms with Gasteiger partial charge in [-0.1, -0.05) is 0 Å². The molecule has 1 aliphatic rings. The van der Waals surface area contributed by atoms with Gasteiger partial charge in [-0.2, -0.15) is 11.8 Å². The Labute approximate surface area is 48.9 Å². The quantitative estimate of drug-likeness (QED) is 0.501. The molecule has 0 aliphatic carbocycles. The molecule has 7 heavy (non-hydrogen) atoms. The highest BCUT2D eigenvalue weighted by atomic mass is 32.2. The van der Waals surface area contributed by atoms with Crippen LogP contribution in [0.25, 0.3) is 0 Å². The molecule has 1 nitrogen and oxygen atoms in total. The van der Waals surface area contributed by atoms with Crippen molar-refractivity contribution >= 4 is 11.8 Å². The lowest BCUT2D eigenvalue weighted by Gasteiger charge is -2.17. The fraction of sp³-hybridized carbons (Fsp3) is 1.00. The number of hydrogen-bond acceptors (Lipinski definition) is 2. The SMILES string of the molecule is CC1CSCCN1. The van der Waals surface area contributed by atoms with Crippen molar-refractivity contribution in [1.82, 2.24) is 5.32 Å². The Morgan fingerprint density at radius 1 is 1.71 bits per heavy atom. The molecule has 1 rings (SSSR count). The Hall–Kier alpha value is 0.310. The van der Waals surface area contributed by atoms with Crippen LogP contribution in [0.4, 0.5) is 0 Å². The van der Waals surface area contributed by atoms with Gasteiger partial charge in [-0.15, -0.1) is 0 Å². The van der Waals surface area contributed by atoms with E-state index in [1.54, 1.807) is 0 Å². The topological polar surface area (TPSA) is 12.0 Å². The van der Waals surface area contributed by atoms with E-state index in [1.807, 2.05) is 11.8 Å². The van der Waals surface area contributed by atoms with Crippen molar-refractivity contribution in [3.63, 3.8) is 0 Å². The summed E-state index contributed by atoms with van der Waals surface area (Å²) in [4.78, 5) is 0. The molecule has 1 heterocycles. The summed E-state index contributed by atoms with van der Waals surface area (Å²) in [7, 11) is 0. The first-order valence-electron chi connectivity index (χ1n) is 2.71. The van der Waals surface area contributed by atoms with Crippen LogP contribution in [0.2, 0.25) is 0 Å². The van der Waals surface area contributed by atoms with Crippen molar-refractivity contribution in [3.8, 4) is 0 Å². The summed E-state index contributed by atoms with van der Waals surface area (Å²) in [5, 5.41) is 3.36. The van der Waals surface area contributed by atoms with E-state index < -0.39 is 0 Å². The van der Waals surface area contributed by atoms with Gasteiger partial charge in [0, 0.05) is 24.1 Å². The lowest BCUT2D eigenvalue weighted by molar-refractivity contribution is 0.609. The Balaban J connectivity index is 2.12. The summed E-state index contributed by atoms with van der Waals surface area (Å²) in [5.41, 5.74) is 0. The second-order valence-electron chi connectivity index (χ2n) is 1.93. The summed E-state index contributed by atoms with van der Waals surface area (Å²) in [6.45, 7) is 3.43. The van der Waals surface area contributed by atoms with Crippen molar-refractivity contribution < 1.29 is 0 Å². The maximum absolute atomic E-state index is 3.36. The van der Waals surface area contributed by atoms with E-state index in [9.17, 15) is 0 Å². The average molecular weight is 117 g/mol. The average Bonchev–Trinajstić information content (AvgIpc) is 1.69. The number of rotatable bonds is 0. The second kappa shape index (κ2) is 2.58. The molecule has 0 radical (unpaired) electrons. The van der Waals surface area contributed by atoms with E-state index >= 15 is 0 Å². The van der Waals surface area contributed by atoms with Crippen LogP contribution < -0.4 is 5.32 Å². The minimum Gasteiger partial charge on any atom is -0.313 e. The first-order valence-corrected chi connectivity index (χ1v) is 3.86. The maximum atomic E-state index is 3.36. The first-order chi connectivity index (χ1) is 3.39. The zero-order chi connectivity index (χ0) is 5.11. The summed E-state index contributed by atoms with van der Waals surface area (Å²) >= 11 is 2.04. The first kappa shape index (κ1) is 5.45. The number of nitrogens with one attached hydrogen (secondary N) is 1. The minimum absolute atomic E-state index is 0.749. The summed E-state index contributed by atoms with van der Waals surface area (Å²) in [6, 6.07) is 0.749. The van der Waals surface area contributed by atoms with Crippen molar-refractivity contribution in [2.45, 2.75) is 13.0 Å². The molecule has 1 aliphatic heterocycles. The highest BCUT2D eigenvalue weighted by Gasteiger charge is 2.04. The summed E-state index contributed by atoms with van der Waals surface area (Å²) in [5.74, 6) is 2.59. The monoisotopic (exact) mass is 117 g/mol. The molecule has 0 aromatic rings. The van der Waals surface area contributed by atoms with E-state index in [-0.39, 0.29) is 0 Å². The lowest BCUT2D eigenvalue weighted by atomic mass is 10.4. The van der Waals surface area contributed by atoms with Gasteiger partial charge in [-0.3, -0.25) is 0 Å². The molecule has 1 saturated heterocycles. The van der Waals surface area contributed by atoms with Crippen molar-refractivity contribution in [1.29, 1.82) is 0 Å². The largest absolute Gasteiger partial charge is 0.313 e. The van der Waals surface area contributed by atoms with E-state index in [1.165, 1.54) is 18.1 Å². The lowest BCUT2D eigenvalue weighted by Crippen LogP contribution is -2.34. The van der Waals surface area contributed by atoms with E-state index in [0.29, 0.717) is 0 Å². The zero-order valence-electron chi connectivity index (χ0n) is 4.61. The van der Waals surface area contributed by atoms with Gasteiger partial charge in [0.15, 0.2) is 0 Å². The highest BCUT2D eigenvalue weighted by molar-refractivity contribution is 7.99. The van der Waals surface area contributed by atoms with Crippen molar-refractivity contribution in [2.75, 3.05) is 18.1 Å². The van der Waals surface area contributed by atoms with Crippen LogP contribution in [0.1, 0.15) is 6.92 Å². The van der Waals surface area contributed by atoms with Crippen molar-refractivity contribution in [3.05, 3.63) is 0 Å². The molecule has 0 saturated carbocycles. The smallest absolute Gasteiger partial charge is 0.0130 e. The van der Waals surface area contributed by atoms with Crippen molar-refractivity contribution in [2.24, 2.45) is 0 Å². The second-order valence-corrected chi connectivity index (χ2v) is 3.08. The molecule has 2 heteroatoms. The molecule has 1 atom stereocenters. The molecule has 0 aromatic heterocycles. The molecular formula is C5H11NS. The summed E-state index contributed by atoms with van der Waals surface area (Å²) in [6.07, 6.45) is 0. The molecule has 1 N–H and O–H groups in total. The minimum atomic E-state index is 0.749. The normalized spacial score (nSPS) is 33.0. The van der Waals surface area contributed by atoms with Gasteiger partial charge in [0.2, 0.25) is 0 Å². The molecule has 42 valence electrons. The fourth-order valence-corrected chi connectivity index (χ4v) is 1.60. The third-order valence-corrected chi connectivity index (χ3v) is 2.34. The van der Waals surface area contributed by atoms with Gasteiger partial charge in [-0.05, 0) is 6.92 Å². The Kier molecular flexibility index (Phi) is 2.00. The predicted octanol–water partition coefficient (Wildman–Crippen LogP) is 0.711. The van der Waals surface area contributed by atoms with Gasteiger partial charge >= 0.3 is 0 Å². The molecule has 0 bridgehead atoms. The Bertz CT molecular complexity index is 50.0. The Morgan fingerprint density at radius 2 is 2.57 bits per heavy atom. The molecule has 1 fully saturated rings.